The van der Waals surface area contributed by atoms with Gasteiger partial charge >= 0.3 is 0 Å². The topological polar surface area (TPSA) is 98.0 Å². The van der Waals surface area contributed by atoms with Crippen molar-refractivity contribution >= 4 is 17.4 Å². The first-order valence-corrected chi connectivity index (χ1v) is 13.2. The minimum Gasteiger partial charge on any atom is -0.493 e. The molecule has 1 aromatic carbocycles. The van der Waals surface area contributed by atoms with Crippen molar-refractivity contribution in [2.75, 3.05) is 44.8 Å². The second kappa shape index (κ2) is 10.3. The van der Waals surface area contributed by atoms with Crippen molar-refractivity contribution in [3.05, 3.63) is 53.5 Å². The molecule has 3 aliphatic heterocycles. The third kappa shape index (κ3) is 5.26. The third-order valence-corrected chi connectivity index (χ3v) is 8.20. The SMILES string of the molecule is [C-]#[N+]c1ccc(N2CC(Oc3cc([C@@H]4CN(C(=O)[C@@H]5COC(C)(C)O5)C[C@@]4(C)[C@@H](C)O)ccc3OC)C2)nc1. The summed E-state index contributed by atoms with van der Waals surface area (Å²) in [4.78, 5) is 25.0. The summed E-state index contributed by atoms with van der Waals surface area (Å²) in [5, 5.41) is 10.8. The minimum atomic E-state index is -0.788. The number of methoxy groups -OCH3 is 1. The van der Waals surface area contributed by atoms with Crippen LogP contribution < -0.4 is 14.4 Å². The predicted octanol–water partition coefficient (Wildman–Crippen LogP) is 3.37. The highest BCUT2D eigenvalue weighted by molar-refractivity contribution is 5.82. The van der Waals surface area contributed by atoms with E-state index in [1.807, 2.05) is 31.2 Å². The van der Waals surface area contributed by atoms with Gasteiger partial charge < -0.3 is 33.9 Å². The van der Waals surface area contributed by atoms with E-state index >= 15 is 0 Å². The zero-order valence-corrected chi connectivity index (χ0v) is 23.1. The van der Waals surface area contributed by atoms with Gasteiger partial charge in [-0.2, -0.15) is 0 Å². The van der Waals surface area contributed by atoms with Crippen LogP contribution in [0.2, 0.25) is 0 Å². The fourth-order valence-electron chi connectivity index (χ4n) is 5.62. The Balaban J connectivity index is 1.31. The van der Waals surface area contributed by atoms with Crippen LogP contribution in [0.15, 0.2) is 36.5 Å². The van der Waals surface area contributed by atoms with Gasteiger partial charge in [0.15, 0.2) is 23.4 Å². The average molecular weight is 537 g/mol. The van der Waals surface area contributed by atoms with Crippen molar-refractivity contribution in [3.8, 4) is 11.5 Å². The Morgan fingerprint density at radius 1 is 1.21 bits per heavy atom. The van der Waals surface area contributed by atoms with Crippen LogP contribution in [0.5, 0.6) is 11.5 Å². The number of hydrogen-bond donors (Lipinski definition) is 1. The van der Waals surface area contributed by atoms with Crippen molar-refractivity contribution in [2.24, 2.45) is 5.41 Å². The van der Waals surface area contributed by atoms with Crippen molar-refractivity contribution < 1.29 is 28.8 Å². The molecule has 1 aromatic heterocycles. The fourth-order valence-corrected chi connectivity index (χ4v) is 5.62. The average Bonchev–Trinajstić information content (AvgIpc) is 3.45. The number of ether oxygens (including phenoxy) is 4. The zero-order valence-electron chi connectivity index (χ0n) is 23.1. The van der Waals surface area contributed by atoms with Crippen molar-refractivity contribution in [1.82, 2.24) is 9.88 Å². The lowest BCUT2D eigenvalue weighted by Gasteiger charge is -2.40. The molecule has 0 radical (unpaired) electrons. The molecule has 0 aliphatic carbocycles. The van der Waals surface area contributed by atoms with Crippen molar-refractivity contribution in [2.45, 2.75) is 57.7 Å². The lowest BCUT2D eigenvalue weighted by Crippen LogP contribution is -2.54. The predicted molar refractivity (Wildman–Crippen MR) is 144 cm³/mol. The highest BCUT2D eigenvalue weighted by Crippen LogP contribution is 2.47. The Kier molecular flexibility index (Phi) is 7.18. The molecule has 3 saturated heterocycles. The molecular formula is C29H36N4O6. The molecule has 3 aliphatic rings. The van der Waals surface area contributed by atoms with Crippen LogP contribution in [-0.2, 0) is 14.3 Å². The van der Waals surface area contributed by atoms with Crippen molar-refractivity contribution in [3.63, 3.8) is 0 Å². The Morgan fingerprint density at radius 2 is 1.97 bits per heavy atom. The second-order valence-electron chi connectivity index (χ2n) is 11.3. The summed E-state index contributed by atoms with van der Waals surface area (Å²) in [7, 11) is 1.61. The Labute approximate surface area is 229 Å². The van der Waals surface area contributed by atoms with Gasteiger partial charge in [0.25, 0.3) is 5.91 Å². The van der Waals surface area contributed by atoms with E-state index in [1.54, 1.807) is 45.0 Å². The summed E-state index contributed by atoms with van der Waals surface area (Å²) in [6.07, 6.45) is 0.222. The standard InChI is InChI=1S/C29H36N4O6/c1-18(34)29(4)17-33(27(35)25-16-37-28(2,3)39-25)15-22(29)19-7-9-23(36-6)24(11-19)38-21-13-32(14-21)26-10-8-20(30-5)12-31-26/h7-12,18,21-22,25,34H,13-17H2,1-4,6H3/t18-,22+,25+,29+/m1/s1. The smallest absolute Gasteiger partial charge is 0.254 e. The fraction of sp³-hybridized carbons (Fsp3) is 0.552. The van der Waals surface area contributed by atoms with E-state index in [0.29, 0.717) is 43.4 Å². The third-order valence-electron chi connectivity index (χ3n) is 8.20. The van der Waals surface area contributed by atoms with E-state index in [0.717, 1.165) is 11.4 Å². The molecule has 1 N–H and O–H groups in total. The Bertz CT molecular complexity index is 1250. The maximum Gasteiger partial charge on any atom is 0.254 e. The summed E-state index contributed by atoms with van der Waals surface area (Å²) >= 11 is 0. The van der Waals surface area contributed by atoms with Crippen molar-refractivity contribution in [1.29, 1.82) is 0 Å². The number of carbonyl (C=O) groups excluding carboxylic acids is 1. The van der Waals surface area contributed by atoms with E-state index in [4.69, 9.17) is 25.5 Å². The molecule has 10 nitrogen and oxygen atoms in total. The van der Waals surface area contributed by atoms with E-state index in [2.05, 4.69) is 14.7 Å². The number of carbonyl (C=O) groups is 1. The number of pyridine rings is 1. The maximum atomic E-state index is 13.3. The number of aliphatic hydroxyl groups is 1. The summed E-state index contributed by atoms with van der Waals surface area (Å²) in [6, 6.07) is 9.45. The second-order valence-corrected chi connectivity index (χ2v) is 11.3. The number of anilines is 1. The first kappa shape index (κ1) is 27.2. The normalized spacial score (nSPS) is 27.1. The first-order valence-electron chi connectivity index (χ1n) is 13.2. The molecule has 208 valence electrons. The van der Waals surface area contributed by atoms with Gasteiger partial charge in [0.05, 0.1) is 39.5 Å². The van der Waals surface area contributed by atoms with Crippen LogP contribution in [-0.4, -0.2) is 84.9 Å². The van der Waals surface area contributed by atoms with E-state index in [1.165, 1.54) is 0 Å². The van der Waals surface area contributed by atoms with Gasteiger partial charge in [0.1, 0.15) is 11.9 Å². The molecule has 3 fully saturated rings. The van der Waals surface area contributed by atoms with Gasteiger partial charge in [-0.1, -0.05) is 19.1 Å². The highest BCUT2D eigenvalue weighted by atomic mass is 16.7. The highest BCUT2D eigenvalue weighted by Gasteiger charge is 2.50. The molecule has 4 heterocycles. The summed E-state index contributed by atoms with van der Waals surface area (Å²) in [6.45, 7) is 16.9. The zero-order chi connectivity index (χ0) is 27.9. The van der Waals surface area contributed by atoms with Crippen LogP contribution >= 0.6 is 0 Å². The number of likely N-dealkylation sites (tertiary alicyclic amines) is 1. The number of amides is 1. The van der Waals surface area contributed by atoms with Crippen LogP contribution in [0.1, 0.15) is 39.2 Å². The van der Waals surface area contributed by atoms with Crippen LogP contribution in [0.25, 0.3) is 4.85 Å². The molecule has 4 atom stereocenters. The molecule has 5 rings (SSSR count). The van der Waals surface area contributed by atoms with E-state index in [-0.39, 0.29) is 24.5 Å². The van der Waals surface area contributed by atoms with Gasteiger partial charge in [0, 0.05) is 30.6 Å². The van der Waals surface area contributed by atoms with E-state index < -0.39 is 23.4 Å². The van der Waals surface area contributed by atoms with Gasteiger partial charge in [-0.3, -0.25) is 9.78 Å². The van der Waals surface area contributed by atoms with Gasteiger partial charge in [-0.15, -0.1) is 0 Å². The van der Waals surface area contributed by atoms with Crippen LogP contribution in [0.3, 0.4) is 0 Å². The lowest BCUT2D eigenvalue weighted by atomic mass is 9.72. The number of rotatable bonds is 7. The first-order chi connectivity index (χ1) is 18.5. The molecule has 39 heavy (non-hydrogen) atoms. The summed E-state index contributed by atoms with van der Waals surface area (Å²) in [5.41, 5.74) is 0.923. The molecule has 0 spiro atoms. The quantitative estimate of drug-likeness (QED) is 0.538. The molecule has 0 bridgehead atoms. The number of benzene rings is 1. The molecule has 2 aromatic rings. The number of hydrogen-bond acceptors (Lipinski definition) is 8. The van der Waals surface area contributed by atoms with Crippen LogP contribution in [0.4, 0.5) is 11.5 Å². The monoisotopic (exact) mass is 536 g/mol. The Hall–Kier alpha value is -3.39. The molecule has 0 saturated carbocycles. The number of aliphatic hydroxyl groups excluding tert-OH is 1. The van der Waals surface area contributed by atoms with Gasteiger partial charge in [-0.25, -0.2) is 4.85 Å². The van der Waals surface area contributed by atoms with Gasteiger partial charge in [-0.05, 0) is 44.5 Å². The van der Waals surface area contributed by atoms with E-state index in [9.17, 15) is 9.90 Å². The maximum absolute atomic E-state index is 13.3. The molecule has 0 unspecified atom stereocenters. The lowest BCUT2D eigenvalue weighted by molar-refractivity contribution is -0.159. The molecular weight excluding hydrogens is 500 g/mol. The minimum absolute atomic E-state index is 0.0517. The molecule has 1 amide bonds. The number of nitrogens with zero attached hydrogens (tertiary/aromatic N) is 4. The summed E-state index contributed by atoms with van der Waals surface area (Å²) in [5.74, 6) is 1.04. The van der Waals surface area contributed by atoms with Crippen LogP contribution in [0, 0.1) is 12.0 Å². The summed E-state index contributed by atoms with van der Waals surface area (Å²) < 4.78 is 23.4. The number of aromatic nitrogens is 1. The Morgan fingerprint density at radius 3 is 2.56 bits per heavy atom. The van der Waals surface area contributed by atoms with Gasteiger partial charge in [0.2, 0.25) is 5.69 Å². The molecule has 10 heteroatoms. The largest absolute Gasteiger partial charge is 0.493 e.